The van der Waals surface area contributed by atoms with Crippen molar-refractivity contribution in [3.05, 3.63) is 58.6 Å². The van der Waals surface area contributed by atoms with Crippen LogP contribution in [0.2, 0.25) is 5.02 Å². The van der Waals surface area contributed by atoms with Gasteiger partial charge in [-0.05, 0) is 36.2 Å². The summed E-state index contributed by atoms with van der Waals surface area (Å²) < 4.78 is 0. The summed E-state index contributed by atoms with van der Waals surface area (Å²) in [6.45, 7) is 3.33. The summed E-state index contributed by atoms with van der Waals surface area (Å²) in [5.41, 5.74) is 3.29. The molecule has 23 heavy (non-hydrogen) atoms. The molecule has 3 rings (SSSR count). The largest absolute Gasteiger partial charge is 0.324 e. The standard InChI is InChI=1S/C18H17ClN2O2/c1-11-14(19)7-5-8-15(11)20-18(23)17-10-13-6-3-4-9-16(13)21(17)12(2)22/h3-9,17H,10H2,1-2H3,(H,20,23). The third-order valence-corrected chi connectivity index (χ3v) is 4.55. The van der Waals surface area contributed by atoms with Crippen molar-refractivity contribution in [3.8, 4) is 0 Å². The number of anilines is 2. The zero-order chi connectivity index (χ0) is 16.6. The Morgan fingerprint density at radius 3 is 2.65 bits per heavy atom. The highest BCUT2D eigenvalue weighted by molar-refractivity contribution is 6.31. The molecule has 2 aromatic carbocycles. The maximum Gasteiger partial charge on any atom is 0.247 e. The molecule has 1 atom stereocenters. The summed E-state index contributed by atoms with van der Waals surface area (Å²) in [6, 6.07) is 12.4. The zero-order valence-electron chi connectivity index (χ0n) is 13.0. The molecule has 2 aromatic rings. The molecule has 4 nitrogen and oxygen atoms in total. The Morgan fingerprint density at radius 1 is 1.17 bits per heavy atom. The Bertz CT molecular complexity index is 788. The molecule has 0 fully saturated rings. The van der Waals surface area contributed by atoms with Crippen molar-refractivity contribution in [2.75, 3.05) is 10.2 Å². The second kappa shape index (κ2) is 6.05. The van der Waals surface area contributed by atoms with Gasteiger partial charge < -0.3 is 5.32 Å². The molecule has 1 heterocycles. The van der Waals surface area contributed by atoms with Crippen molar-refractivity contribution >= 4 is 34.8 Å². The Hall–Kier alpha value is -2.33. The van der Waals surface area contributed by atoms with E-state index in [1.807, 2.05) is 31.2 Å². The molecule has 0 saturated heterocycles. The van der Waals surface area contributed by atoms with Gasteiger partial charge in [-0.25, -0.2) is 0 Å². The number of amides is 2. The van der Waals surface area contributed by atoms with Crippen LogP contribution in [-0.4, -0.2) is 17.9 Å². The summed E-state index contributed by atoms with van der Waals surface area (Å²) in [7, 11) is 0. The minimum atomic E-state index is -0.539. The van der Waals surface area contributed by atoms with Gasteiger partial charge in [0.05, 0.1) is 0 Å². The molecule has 118 valence electrons. The number of carbonyl (C=O) groups excluding carboxylic acids is 2. The Kier molecular flexibility index (Phi) is 4.09. The Labute approximate surface area is 140 Å². The first-order valence-electron chi connectivity index (χ1n) is 7.42. The van der Waals surface area contributed by atoms with Crippen molar-refractivity contribution in [1.82, 2.24) is 0 Å². The Morgan fingerprint density at radius 2 is 1.91 bits per heavy atom. The van der Waals surface area contributed by atoms with Crippen LogP contribution in [0, 0.1) is 6.92 Å². The molecule has 0 saturated carbocycles. The minimum absolute atomic E-state index is 0.141. The molecule has 0 aliphatic carbocycles. The third kappa shape index (κ3) is 2.82. The van der Waals surface area contributed by atoms with E-state index in [1.54, 1.807) is 23.1 Å². The summed E-state index contributed by atoms with van der Waals surface area (Å²) in [5, 5.41) is 3.49. The molecule has 1 N–H and O–H groups in total. The monoisotopic (exact) mass is 328 g/mol. The number of rotatable bonds is 2. The highest BCUT2D eigenvalue weighted by Gasteiger charge is 2.36. The van der Waals surface area contributed by atoms with E-state index >= 15 is 0 Å². The van der Waals surface area contributed by atoms with Crippen molar-refractivity contribution in [2.24, 2.45) is 0 Å². The highest BCUT2D eigenvalue weighted by atomic mass is 35.5. The minimum Gasteiger partial charge on any atom is -0.324 e. The first-order valence-corrected chi connectivity index (χ1v) is 7.80. The molecule has 1 aliphatic rings. The number of nitrogens with one attached hydrogen (secondary N) is 1. The van der Waals surface area contributed by atoms with E-state index in [9.17, 15) is 9.59 Å². The van der Waals surface area contributed by atoms with Crippen LogP contribution in [0.4, 0.5) is 11.4 Å². The van der Waals surface area contributed by atoms with Crippen LogP contribution in [0.25, 0.3) is 0 Å². The van der Waals surface area contributed by atoms with Gasteiger partial charge >= 0.3 is 0 Å². The maximum absolute atomic E-state index is 12.7. The van der Waals surface area contributed by atoms with Gasteiger partial charge in [0.15, 0.2) is 0 Å². The summed E-state index contributed by atoms with van der Waals surface area (Å²) >= 11 is 6.09. The van der Waals surface area contributed by atoms with Crippen LogP contribution >= 0.6 is 11.6 Å². The summed E-state index contributed by atoms with van der Waals surface area (Å²) in [4.78, 5) is 26.3. The van der Waals surface area contributed by atoms with Crippen LogP contribution < -0.4 is 10.2 Å². The lowest BCUT2D eigenvalue weighted by Crippen LogP contribution is -2.44. The van der Waals surface area contributed by atoms with E-state index < -0.39 is 6.04 Å². The first-order chi connectivity index (χ1) is 11.0. The smallest absolute Gasteiger partial charge is 0.247 e. The Balaban J connectivity index is 1.88. The van der Waals surface area contributed by atoms with E-state index in [4.69, 9.17) is 11.6 Å². The predicted octanol–water partition coefficient (Wildman–Crippen LogP) is 3.56. The average molecular weight is 329 g/mol. The van der Waals surface area contributed by atoms with Crippen LogP contribution in [0.1, 0.15) is 18.1 Å². The van der Waals surface area contributed by atoms with Crippen molar-refractivity contribution in [2.45, 2.75) is 26.3 Å². The molecule has 0 bridgehead atoms. The average Bonchev–Trinajstić information content (AvgIpc) is 2.91. The number of para-hydroxylation sites is 1. The van der Waals surface area contributed by atoms with Gasteiger partial charge in [0.25, 0.3) is 0 Å². The third-order valence-electron chi connectivity index (χ3n) is 4.14. The number of fused-ring (bicyclic) bond motifs is 1. The van der Waals surface area contributed by atoms with Gasteiger partial charge in [-0.2, -0.15) is 0 Å². The molecule has 2 amide bonds. The van der Waals surface area contributed by atoms with Crippen molar-refractivity contribution in [3.63, 3.8) is 0 Å². The van der Waals surface area contributed by atoms with E-state index in [2.05, 4.69) is 5.32 Å². The zero-order valence-corrected chi connectivity index (χ0v) is 13.7. The molecule has 0 spiro atoms. The number of carbonyl (C=O) groups is 2. The molecule has 0 aromatic heterocycles. The number of nitrogens with zero attached hydrogens (tertiary/aromatic N) is 1. The van der Waals surface area contributed by atoms with E-state index in [0.717, 1.165) is 16.8 Å². The molecule has 0 radical (unpaired) electrons. The van der Waals surface area contributed by atoms with Crippen LogP contribution in [0.3, 0.4) is 0 Å². The molecule has 1 aliphatic heterocycles. The highest BCUT2D eigenvalue weighted by Crippen LogP contribution is 2.33. The van der Waals surface area contributed by atoms with E-state index in [-0.39, 0.29) is 11.8 Å². The van der Waals surface area contributed by atoms with Gasteiger partial charge in [0, 0.05) is 29.7 Å². The fourth-order valence-corrected chi connectivity index (χ4v) is 3.12. The van der Waals surface area contributed by atoms with Crippen LogP contribution in [-0.2, 0) is 16.0 Å². The van der Waals surface area contributed by atoms with Gasteiger partial charge in [0.2, 0.25) is 11.8 Å². The quantitative estimate of drug-likeness (QED) is 0.916. The van der Waals surface area contributed by atoms with E-state index in [1.165, 1.54) is 6.92 Å². The lowest BCUT2D eigenvalue weighted by atomic mass is 10.1. The van der Waals surface area contributed by atoms with Gasteiger partial charge in [0.1, 0.15) is 6.04 Å². The maximum atomic E-state index is 12.7. The molecule has 5 heteroatoms. The van der Waals surface area contributed by atoms with E-state index in [0.29, 0.717) is 17.1 Å². The van der Waals surface area contributed by atoms with Crippen LogP contribution in [0.5, 0.6) is 0 Å². The van der Waals surface area contributed by atoms with Gasteiger partial charge in [-0.1, -0.05) is 35.9 Å². The fourth-order valence-electron chi connectivity index (χ4n) is 2.94. The second-order valence-corrected chi connectivity index (χ2v) is 6.05. The lowest BCUT2D eigenvalue weighted by molar-refractivity contribution is -0.122. The SMILES string of the molecule is CC(=O)N1c2ccccc2CC1C(=O)Nc1cccc(Cl)c1C. The molecule has 1 unspecified atom stereocenters. The molecular formula is C18H17ClN2O2. The van der Waals surface area contributed by atoms with Crippen molar-refractivity contribution in [1.29, 1.82) is 0 Å². The number of benzene rings is 2. The molecular weight excluding hydrogens is 312 g/mol. The van der Waals surface area contributed by atoms with Crippen LogP contribution in [0.15, 0.2) is 42.5 Å². The predicted molar refractivity (Wildman–Crippen MR) is 91.9 cm³/mol. The first kappa shape index (κ1) is 15.6. The number of hydrogen-bond donors (Lipinski definition) is 1. The summed E-state index contributed by atoms with van der Waals surface area (Å²) in [5.74, 6) is -0.348. The van der Waals surface area contributed by atoms with Gasteiger partial charge in [-0.3, -0.25) is 14.5 Å². The summed E-state index contributed by atoms with van der Waals surface area (Å²) in [6.07, 6.45) is 0.515. The number of hydrogen-bond acceptors (Lipinski definition) is 2. The fraction of sp³-hybridized carbons (Fsp3) is 0.222. The number of halogens is 1. The van der Waals surface area contributed by atoms with Gasteiger partial charge in [-0.15, -0.1) is 0 Å². The topological polar surface area (TPSA) is 49.4 Å². The lowest BCUT2D eigenvalue weighted by Gasteiger charge is -2.23. The second-order valence-electron chi connectivity index (χ2n) is 5.64. The van der Waals surface area contributed by atoms with Crippen molar-refractivity contribution < 1.29 is 9.59 Å². The normalized spacial score (nSPS) is 16.1.